The lowest BCUT2D eigenvalue weighted by Gasteiger charge is -2.41. The largest absolute Gasteiger partial charge is 0.489 e. The first-order valence-corrected chi connectivity index (χ1v) is 10.5. The summed E-state index contributed by atoms with van der Waals surface area (Å²) in [5, 5.41) is 9.03. The van der Waals surface area contributed by atoms with Crippen molar-refractivity contribution in [1.29, 1.82) is 5.26 Å². The number of rotatable bonds is 3. The van der Waals surface area contributed by atoms with E-state index >= 15 is 0 Å². The molecule has 2 aliphatic rings. The van der Waals surface area contributed by atoms with Crippen molar-refractivity contribution in [2.45, 2.75) is 0 Å². The van der Waals surface area contributed by atoms with Gasteiger partial charge in [0.05, 0.1) is 30.3 Å². The molecule has 1 fully saturated rings. The van der Waals surface area contributed by atoms with Crippen molar-refractivity contribution in [3.05, 3.63) is 77.9 Å². The van der Waals surface area contributed by atoms with E-state index in [0.717, 1.165) is 11.1 Å². The van der Waals surface area contributed by atoms with Crippen molar-refractivity contribution in [3.63, 3.8) is 0 Å². The summed E-state index contributed by atoms with van der Waals surface area (Å²) in [6.45, 7) is 1.29. The summed E-state index contributed by atoms with van der Waals surface area (Å²) in [4.78, 5) is 33.3. The van der Waals surface area contributed by atoms with Gasteiger partial charge in [-0.15, -0.1) is 0 Å². The zero-order chi connectivity index (χ0) is 22.9. The molecule has 164 valence electrons. The molecule has 1 aromatic heterocycles. The fourth-order valence-electron chi connectivity index (χ4n) is 4.12. The maximum absolute atomic E-state index is 13.4. The normalized spacial score (nSPS) is 15.2. The summed E-state index contributed by atoms with van der Waals surface area (Å²) >= 11 is 0. The Bertz CT molecular complexity index is 1280. The highest BCUT2D eigenvalue weighted by molar-refractivity contribution is 6.01. The maximum atomic E-state index is 13.4. The van der Waals surface area contributed by atoms with Crippen molar-refractivity contribution in [2.24, 2.45) is 5.92 Å². The number of nitrogens with zero attached hydrogens (tertiary/aromatic N) is 4. The van der Waals surface area contributed by atoms with E-state index in [4.69, 9.17) is 10.00 Å². The Morgan fingerprint density at radius 2 is 1.91 bits per heavy atom. The van der Waals surface area contributed by atoms with Gasteiger partial charge in [-0.25, -0.2) is 4.39 Å². The standard InChI is InChI=1S/C25H19FN4O3/c26-20-3-1-2-18(10-20)24(31)29-14-19(15-29)25(32)30-8-9-33-23-21(12-28-13-22(23)30)17-6-4-16(11-27)5-7-17/h1-7,10,12-13,19H,8-9,14-15H2. The molecule has 2 aliphatic heterocycles. The first-order chi connectivity index (χ1) is 16.0. The van der Waals surface area contributed by atoms with Crippen LogP contribution < -0.4 is 9.64 Å². The minimum absolute atomic E-state index is 0.0957. The van der Waals surface area contributed by atoms with E-state index in [1.165, 1.54) is 18.2 Å². The molecular formula is C25H19FN4O3. The van der Waals surface area contributed by atoms with Crippen LogP contribution in [0.3, 0.4) is 0 Å². The number of carbonyl (C=O) groups excluding carboxylic acids is 2. The highest BCUT2D eigenvalue weighted by Gasteiger charge is 2.40. The number of halogens is 1. The molecule has 0 spiro atoms. The van der Waals surface area contributed by atoms with E-state index in [2.05, 4.69) is 11.1 Å². The van der Waals surface area contributed by atoms with Gasteiger partial charge in [0.2, 0.25) is 5.91 Å². The molecule has 2 aromatic carbocycles. The predicted molar refractivity (Wildman–Crippen MR) is 118 cm³/mol. The van der Waals surface area contributed by atoms with Crippen LogP contribution >= 0.6 is 0 Å². The van der Waals surface area contributed by atoms with E-state index in [0.29, 0.717) is 30.2 Å². The number of amides is 2. The first-order valence-electron chi connectivity index (χ1n) is 10.5. The third-order valence-electron chi connectivity index (χ3n) is 5.91. The van der Waals surface area contributed by atoms with Gasteiger partial charge in [0.1, 0.15) is 18.1 Å². The zero-order valence-electron chi connectivity index (χ0n) is 17.6. The Labute approximate surface area is 189 Å². The average molecular weight is 442 g/mol. The molecular weight excluding hydrogens is 423 g/mol. The van der Waals surface area contributed by atoms with Crippen LogP contribution in [-0.2, 0) is 4.79 Å². The molecule has 3 aromatic rings. The van der Waals surface area contributed by atoms with Crippen molar-refractivity contribution in [3.8, 4) is 22.9 Å². The number of likely N-dealkylation sites (tertiary alicyclic amines) is 1. The van der Waals surface area contributed by atoms with Crippen molar-refractivity contribution < 1.29 is 18.7 Å². The van der Waals surface area contributed by atoms with E-state index in [9.17, 15) is 14.0 Å². The Hall–Kier alpha value is -4.25. The highest BCUT2D eigenvalue weighted by atomic mass is 19.1. The number of benzene rings is 2. The van der Waals surface area contributed by atoms with Gasteiger partial charge in [-0.2, -0.15) is 5.26 Å². The number of aromatic nitrogens is 1. The minimum atomic E-state index is -0.468. The summed E-state index contributed by atoms with van der Waals surface area (Å²) < 4.78 is 19.3. The van der Waals surface area contributed by atoms with Crippen molar-refractivity contribution >= 4 is 17.5 Å². The van der Waals surface area contributed by atoms with Crippen LogP contribution in [0.4, 0.5) is 10.1 Å². The predicted octanol–water partition coefficient (Wildman–Crippen LogP) is 3.26. The van der Waals surface area contributed by atoms with Gasteiger partial charge < -0.3 is 14.5 Å². The van der Waals surface area contributed by atoms with E-state index in [1.807, 2.05) is 12.1 Å². The van der Waals surface area contributed by atoms with E-state index in [-0.39, 0.29) is 36.4 Å². The van der Waals surface area contributed by atoms with Crippen LogP contribution in [0.25, 0.3) is 11.1 Å². The van der Waals surface area contributed by atoms with Crippen LogP contribution in [0, 0.1) is 23.1 Å². The second kappa shape index (κ2) is 8.36. The molecule has 3 heterocycles. The first kappa shape index (κ1) is 20.6. The number of hydrogen-bond acceptors (Lipinski definition) is 5. The molecule has 0 unspecified atom stereocenters. The fraction of sp³-hybridized carbons (Fsp3) is 0.200. The lowest BCUT2D eigenvalue weighted by atomic mass is 9.96. The number of fused-ring (bicyclic) bond motifs is 1. The molecule has 1 saturated heterocycles. The van der Waals surface area contributed by atoms with Crippen LogP contribution in [0.5, 0.6) is 5.75 Å². The number of nitriles is 1. The summed E-state index contributed by atoms with van der Waals surface area (Å²) in [5.41, 5.74) is 2.99. The highest BCUT2D eigenvalue weighted by Crippen LogP contribution is 2.40. The number of carbonyl (C=O) groups is 2. The van der Waals surface area contributed by atoms with Crippen molar-refractivity contribution in [2.75, 3.05) is 31.1 Å². The summed E-state index contributed by atoms with van der Waals surface area (Å²) in [6, 6.07) is 14.7. The second-order valence-corrected chi connectivity index (χ2v) is 7.98. The fourth-order valence-corrected chi connectivity index (χ4v) is 4.12. The Balaban J connectivity index is 1.33. The summed E-state index contributed by atoms with van der Waals surface area (Å²) in [5.74, 6) is -0.620. The molecule has 0 radical (unpaired) electrons. The molecule has 0 aliphatic carbocycles. The maximum Gasteiger partial charge on any atom is 0.254 e. The molecule has 0 saturated carbocycles. The van der Waals surface area contributed by atoms with E-state index in [1.54, 1.807) is 40.4 Å². The van der Waals surface area contributed by atoms with E-state index < -0.39 is 5.82 Å². The Kier molecular flexibility index (Phi) is 5.23. The van der Waals surface area contributed by atoms with Gasteiger partial charge in [0, 0.05) is 30.4 Å². The molecule has 0 atom stereocenters. The Morgan fingerprint density at radius 3 is 2.64 bits per heavy atom. The van der Waals surface area contributed by atoms with Crippen LogP contribution in [-0.4, -0.2) is 47.9 Å². The molecule has 8 heteroatoms. The quantitative estimate of drug-likeness (QED) is 0.622. The second-order valence-electron chi connectivity index (χ2n) is 7.98. The van der Waals surface area contributed by atoms with Crippen LogP contribution in [0.1, 0.15) is 15.9 Å². The lowest BCUT2D eigenvalue weighted by Crippen LogP contribution is -2.57. The summed E-state index contributed by atoms with van der Waals surface area (Å²) in [7, 11) is 0. The number of pyridine rings is 1. The Morgan fingerprint density at radius 1 is 1.12 bits per heavy atom. The summed E-state index contributed by atoms with van der Waals surface area (Å²) in [6.07, 6.45) is 3.28. The lowest BCUT2D eigenvalue weighted by molar-refractivity contribution is -0.126. The zero-order valence-corrected chi connectivity index (χ0v) is 17.6. The van der Waals surface area contributed by atoms with Crippen molar-refractivity contribution in [1.82, 2.24) is 9.88 Å². The minimum Gasteiger partial charge on any atom is -0.489 e. The SMILES string of the molecule is N#Cc1ccc(-c2cncc3c2OCCN3C(=O)C2CN(C(=O)c3cccc(F)c3)C2)cc1. The van der Waals surface area contributed by atoms with Gasteiger partial charge in [-0.05, 0) is 35.9 Å². The molecule has 0 bridgehead atoms. The number of hydrogen-bond donors (Lipinski definition) is 0. The molecule has 5 rings (SSSR count). The van der Waals surface area contributed by atoms with Crippen LogP contribution in [0.15, 0.2) is 60.9 Å². The molecule has 2 amide bonds. The average Bonchev–Trinajstić information content (AvgIpc) is 2.82. The number of anilines is 1. The van der Waals surface area contributed by atoms with Gasteiger partial charge in [0.25, 0.3) is 5.91 Å². The van der Waals surface area contributed by atoms with Gasteiger partial charge >= 0.3 is 0 Å². The molecule has 0 N–H and O–H groups in total. The number of ether oxygens (including phenoxy) is 1. The van der Waals surface area contributed by atoms with Gasteiger partial charge in [0.15, 0.2) is 5.75 Å². The van der Waals surface area contributed by atoms with Gasteiger partial charge in [-0.1, -0.05) is 18.2 Å². The third-order valence-corrected chi connectivity index (χ3v) is 5.91. The molecule has 33 heavy (non-hydrogen) atoms. The topological polar surface area (TPSA) is 86.5 Å². The van der Waals surface area contributed by atoms with Gasteiger partial charge in [-0.3, -0.25) is 14.6 Å². The smallest absolute Gasteiger partial charge is 0.254 e. The monoisotopic (exact) mass is 442 g/mol. The molecule has 7 nitrogen and oxygen atoms in total. The third kappa shape index (κ3) is 3.78. The van der Waals surface area contributed by atoms with Crippen LogP contribution in [0.2, 0.25) is 0 Å².